The number of fused-ring (bicyclic) bond motifs is 1. The van der Waals surface area contributed by atoms with Crippen molar-refractivity contribution in [2.24, 2.45) is 11.7 Å². The predicted molar refractivity (Wildman–Crippen MR) is 76.0 cm³/mol. The number of nitrogens with two attached hydrogens (primary N) is 1. The van der Waals surface area contributed by atoms with Crippen molar-refractivity contribution in [3.8, 4) is 0 Å². The first-order valence-corrected chi connectivity index (χ1v) is 7.36. The fraction of sp³-hybridized carbons (Fsp3) is 0.538. The van der Waals surface area contributed by atoms with Gasteiger partial charge in [0.15, 0.2) is 0 Å². The molecule has 3 heterocycles. The Labute approximate surface area is 111 Å². The number of piperidine rings is 1. The molecular formula is C13H18N4S. The summed E-state index contributed by atoms with van der Waals surface area (Å²) in [4.78, 5) is 11.2. The second-order valence-electron chi connectivity index (χ2n) is 4.90. The van der Waals surface area contributed by atoms with Gasteiger partial charge in [-0.3, -0.25) is 0 Å². The third kappa shape index (κ3) is 1.97. The highest BCUT2D eigenvalue weighted by Gasteiger charge is 2.27. The Kier molecular flexibility index (Phi) is 3.18. The van der Waals surface area contributed by atoms with Crippen LogP contribution in [0.5, 0.6) is 0 Å². The maximum absolute atomic E-state index is 6.17. The number of hydrogen-bond donors (Lipinski definition) is 1. The molecule has 1 aliphatic rings. The van der Waals surface area contributed by atoms with Crippen LogP contribution in [0.2, 0.25) is 0 Å². The summed E-state index contributed by atoms with van der Waals surface area (Å²) in [5, 5.41) is 2.08. The molecule has 0 aromatic carbocycles. The molecule has 0 bridgehead atoms. The zero-order chi connectivity index (χ0) is 12.5. The van der Waals surface area contributed by atoms with Gasteiger partial charge in [-0.15, -0.1) is 11.3 Å². The Bertz CT molecular complexity index is 539. The number of hydrogen-bond acceptors (Lipinski definition) is 5. The molecule has 1 fully saturated rings. The standard InChI is InChI=1S/C13H18N4S/c1-2-9-7-17(5-3-10(9)14)13-12-11(4-6-18-12)15-8-16-13/h4,6,8-10H,2-3,5,7,14H2,1H3. The van der Waals surface area contributed by atoms with Crippen LogP contribution in [0.1, 0.15) is 19.8 Å². The summed E-state index contributed by atoms with van der Waals surface area (Å²) in [7, 11) is 0. The van der Waals surface area contributed by atoms with Crippen molar-refractivity contribution in [3.63, 3.8) is 0 Å². The molecule has 18 heavy (non-hydrogen) atoms. The molecule has 96 valence electrons. The van der Waals surface area contributed by atoms with E-state index >= 15 is 0 Å². The molecule has 2 unspecified atom stereocenters. The summed E-state index contributed by atoms with van der Waals surface area (Å²) in [5.41, 5.74) is 7.21. The van der Waals surface area contributed by atoms with Crippen molar-refractivity contribution in [2.45, 2.75) is 25.8 Å². The first kappa shape index (κ1) is 11.9. The smallest absolute Gasteiger partial charge is 0.150 e. The van der Waals surface area contributed by atoms with Gasteiger partial charge in [0.25, 0.3) is 0 Å². The Morgan fingerprint density at radius 1 is 1.50 bits per heavy atom. The minimum atomic E-state index is 0.340. The topological polar surface area (TPSA) is 55.0 Å². The van der Waals surface area contributed by atoms with E-state index in [1.54, 1.807) is 17.7 Å². The first-order chi connectivity index (χ1) is 8.79. The van der Waals surface area contributed by atoms with Crippen LogP contribution in [-0.2, 0) is 0 Å². The van der Waals surface area contributed by atoms with Crippen LogP contribution in [-0.4, -0.2) is 29.1 Å². The maximum atomic E-state index is 6.17. The van der Waals surface area contributed by atoms with E-state index < -0.39 is 0 Å². The van der Waals surface area contributed by atoms with Gasteiger partial charge in [0.05, 0.1) is 10.2 Å². The van der Waals surface area contributed by atoms with E-state index in [0.29, 0.717) is 12.0 Å². The zero-order valence-electron chi connectivity index (χ0n) is 10.5. The monoisotopic (exact) mass is 262 g/mol. The number of rotatable bonds is 2. The lowest BCUT2D eigenvalue weighted by molar-refractivity contribution is 0.347. The van der Waals surface area contributed by atoms with Gasteiger partial charge in [-0.1, -0.05) is 13.3 Å². The number of anilines is 1. The molecule has 1 saturated heterocycles. The van der Waals surface area contributed by atoms with E-state index in [-0.39, 0.29) is 0 Å². The van der Waals surface area contributed by atoms with Gasteiger partial charge in [0.1, 0.15) is 12.1 Å². The summed E-state index contributed by atoms with van der Waals surface area (Å²) in [5.74, 6) is 1.66. The van der Waals surface area contributed by atoms with Crippen LogP contribution >= 0.6 is 11.3 Å². The van der Waals surface area contributed by atoms with Crippen LogP contribution in [0, 0.1) is 5.92 Å². The lowest BCUT2D eigenvalue weighted by Crippen LogP contribution is -2.47. The molecule has 2 aromatic heterocycles. The van der Waals surface area contributed by atoms with Crippen molar-refractivity contribution >= 4 is 27.4 Å². The fourth-order valence-electron chi connectivity index (χ4n) is 2.68. The fourth-order valence-corrected chi connectivity index (χ4v) is 3.54. The lowest BCUT2D eigenvalue weighted by atomic mass is 9.91. The third-order valence-corrected chi connectivity index (χ3v) is 4.74. The molecule has 3 rings (SSSR count). The van der Waals surface area contributed by atoms with Crippen LogP contribution in [0.4, 0.5) is 5.82 Å². The SMILES string of the molecule is CCC1CN(c2ncnc3ccsc23)CCC1N. The molecule has 0 saturated carbocycles. The zero-order valence-corrected chi connectivity index (χ0v) is 11.4. The number of thiophene rings is 1. The van der Waals surface area contributed by atoms with E-state index in [1.165, 1.54) is 4.70 Å². The lowest BCUT2D eigenvalue weighted by Gasteiger charge is -2.37. The number of aromatic nitrogens is 2. The largest absolute Gasteiger partial charge is 0.355 e. The molecule has 0 radical (unpaired) electrons. The molecular weight excluding hydrogens is 244 g/mol. The van der Waals surface area contributed by atoms with Gasteiger partial charge < -0.3 is 10.6 Å². The summed E-state index contributed by atoms with van der Waals surface area (Å²) >= 11 is 1.72. The highest BCUT2D eigenvalue weighted by Crippen LogP contribution is 2.31. The molecule has 5 heteroatoms. The predicted octanol–water partition coefficient (Wildman–Crippen LogP) is 2.25. The van der Waals surface area contributed by atoms with Gasteiger partial charge in [-0.25, -0.2) is 9.97 Å². The Hall–Kier alpha value is -1.20. The van der Waals surface area contributed by atoms with E-state index in [2.05, 4.69) is 33.2 Å². The van der Waals surface area contributed by atoms with Crippen LogP contribution in [0.25, 0.3) is 10.2 Å². The van der Waals surface area contributed by atoms with Gasteiger partial charge in [-0.05, 0) is 23.8 Å². The molecule has 2 aromatic rings. The van der Waals surface area contributed by atoms with Crippen molar-refractivity contribution in [2.75, 3.05) is 18.0 Å². The summed E-state index contributed by atoms with van der Waals surface area (Å²) < 4.78 is 1.20. The van der Waals surface area contributed by atoms with Crippen molar-refractivity contribution in [3.05, 3.63) is 17.8 Å². The summed E-state index contributed by atoms with van der Waals surface area (Å²) in [6.07, 6.45) is 3.85. The summed E-state index contributed by atoms with van der Waals surface area (Å²) in [6, 6.07) is 2.39. The third-order valence-electron chi connectivity index (χ3n) is 3.84. The number of nitrogens with zero attached hydrogens (tertiary/aromatic N) is 3. The van der Waals surface area contributed by atoms with Gasteiger partial charge in [-0.2, -0.15) is 0 Å². The normalized spacial score (nSPS) is 24.7. The van der Waals surface area contributed by atoms with Crippen LogP contribution in [0.3, 0.4) is 0 Å². The second-order valence-corrected chi connectivity index (χ2v) is 5.82. The minimum absolute atomic E-state index is 0.340. The quantitative estimate of drug-likeness (QED) is 0.902. The molecule has 0 amide bonds. The highest BCUT2D eigenvalue weighted by atomic mass is 32.1. The van der Waals surface area contributed by atoms with Crippen molar-refractivity contribution < 1.29 is 0 Å². The van der Waals surface area contributed by atoms with Crippen molar-refractivity contribution in [1.29, 1.82) is 0 Å². The average Bonchev–Trinajstić information content (AvgIpc) is 2.87. The van der Waals surface area contributed by atoms with E-state index in [9.17, 15) is 0 Å². The van der Waals surface area contributed by atoms with Crippen LogP contribution in [0.15, 0.2) is 17.8 Å². The molecule has 2 atom stereocenters. The van der Waals surface area contributed by atoms with E-state index in [4.69, 9.17) is 5.73 Å². The molecule has 1 aliphatic heterocycles. The molecule has 2 N–H and O–H groups in total. The second kappa shape index (κ2) is 4.82. The van der Waals surface area contributed by atoms with E-state index in [0.717, 1.165) is 37.3 Å². The first-order valence-electron chi connectivity index (χ1n) is 6.48. The molecule has 4 nitrogen and oxygen atoms in total. The van der Waals surface area contributed by atoms with E-state index in [1.807, 2.05) is 0 Å². The Balaban J connectivity index is 1.93. The van der Waals surface area contributed by atoms with Crippen LogP contribution < -0.4 is 10.6 Å². The maximum Gasteiger partial charge on any atom is 0.150 e. The summed E-state index contributed by atoms with van der Waals surface area (Å²) in [6.45, 7) is 4.23. The van der Waals surface area contributed by atoms with Crippen molar-refractivity contribution in [1.82, 2.24) is 9.97 Å². The minimum Gasteiger partial charge on any atom is -0.355 e. The van der Waals surface area contributed by atoms with Gasteiger partial charge >= 0.3 is 0 Å². The Morgan fingerprint density at radius 2 is 2.39 bits per heavy atom. The van der Waals surface area contributed by atoms with Gasteiger partial charge in [0, 0.05) is 19.1 Å². The van der Waals surface area contributed by atoms with Gasteiger partial charge in [0.2, 0.25) is 0 Å². The average molecular weight is 262 g/mol. The highest BCUT2D eigenvalue weighted by molar-refractivity contribution is 7.17. The molecule has 0 spiro atoms. The molecule has 0 aliphatic carbocycles. The Morgan fingerprint density at radius 3 is 3.22 bits per heavy atom.